The van der Waals surface area contributed by atoms with Gasteiger partial charge in [-0.15, -0.1) is 0 Å². The molecule has 0 fully saturated rings. The molecule has 1 aromatic carbocycles. The fraction of sp³-hybridized carbons (Fsp3) is 0.200. The normalized spacial score (nSPS) is 12.2. The first kappa shape index (κ1) is 15.1. The van der Waals surface area contributed by atoms with Crippen LogP contribution in [0, 0.1) is 7.05 Å². The van der Waals surface area contributed by atoms with E-state index in [9.17, 15) is 31.1 Å². The van der Waals surface area contributed by atoms with Gasteiger partial charge in [-0.25, -0.2) is 4.79 Å². The maximum absolute atomic E-state index is 12.4. The van der Waals surface area contributed by atoms with E-state index < -0.39 is 35.2 Å². The summed E-state index contributed by atoms with van der Waals surface area (Å²) < 4.78 is 74.7. The minimum absolute atomic E-state index is 0.0344. The number of amides is 2. The Balaban J connectivity index is 3.29. The number of benzene rings is 1. The molecule has 0 aromatic heterocycles. The van der Waals surface area contributed by atoms with Gasteiger partial charge in [0.05, 0.1) is 11.1 Å². The lowest BCUT2D eigenvalue weighted by Crippen LogP contribution is -2.23. The highest BCUT2D eigenvalue weighted by Gasteiger charge is 2.37. The molecule has 1 rings (SSSR count). The molecule has 9 heteroatoms. The van der Waals surface area contributed by atoms with Gasteiger partial charge in [-0.2, -0.15) is 26.3 Å². The molecule has 0 unspecified atom stereocenters. The molecule has 0 atom stereocenters. The van der Waals surface area contributed by atoms with E-state index >= 15 is 0 Å². The highest BCUT2D eigenvalue weighted by atomic mass is 19.4. The van der Waals surface area contributed by atoms with Gasteiger partial charge in [-0.3, -0.25) is 0 Å². The van der Waals surface area contributed by atoms with Crippen LogP contribution in [0.1, 0.15) is 11.1 Å². The van der Waals surface area contributed by atoms with Crippen molar-refractivity contribution < 1.29 is 31.1 Å². The van der Waals surface area contributed by atoms with Gasteiger partial charge in [0, 0.05) is 12.7 Å². The zero-order chi connectivity index (χ0) is 14.8. The zero-order valence-electron chi connectivity index (χ0n) is 9.12. The Morgan fingerprint density at radius 2 is 1.37 bits per heavy atom. The molecule has 0 aliphatic carbocycles. The third-order valence-electron chi connectivity index (χ3n) is 2.01. The summed E-state index contributed by atoms with van der Waals surface area (Å²) in [5.41, 5.74) is -3.66. The Hall–Kier alpha value is -1.93. The van der Waals surface area contributed by atoms with Crippen molar-refractivity contribution in [2.24, 2.45) is 0 Å². The molecule has 3 nitrogen and oxygen atoms in total. The van der Waals surface area contributed by atoms with Crippen molar-refractivity contribution in [3.63, 3.8) is 0 Å². The van der Waals surface area contributed by atoms with Crippen molar-refractivity contribution in [3.05, 3.63) is 36.4 Å². The largest absolute Gasteiger partial charge is 0.416 e. The van der Waals surface area contributed by atoms with Gasteiger partial charge < -0.3 is 10.6 Å². The standard InChI is InChI=1S/C10H7F6N2O/c1-17-8(19)18-7-3-5(9(11,12)13)2-6(4-7)10(14,15)16/h2-4H,1H2,(H2,17,18,19). The number of halogens is 6. The number of rotatable bonds is 1. The number of carbonyl (C=O) groups excluding carboxylic acids is 1. The minimum atomic E-state index is -4.96. The zero-order valence-corrected chi connectivity index (χ0v) is 9.12. The SMILES string of the molecule is [CH2]NC(=O)Nc1cc(C(F)(F)F)cc(C(F)(F)F)c1. The molecule has 1 aromatic rings. The number of anilines is 1. The van der Waals surface area contributed by atoms with Crippen molar-refractivity contribution in [1.82, 2.24) is 5.32 Å². The van der Waals surface area contributed by atoms with E-state index in [4.69, 9.17) is 0 Å². The average Bonchev–Trinajstić information content (AvgIpc) is 2.26. The Labute approximate surface area is 103 Å². The molecule has 0 aliphatic heterocycles. The lowest BCUT2D eigenvalue weighted by Gasteiger charge is -2.14. The first-order valence-electron chi connectivity index (χ1n) is 4.67. The van der Waals surface area contributed by atoms with Crippen molar-refractivity contribution in [3.8, 4) is 0 Å². The van der Waals surface area contributed by atoms with Gasteiger partial charge in [0.1, 0.15) is 0 Å². The molecular weight excluding hydrogens is 278 g/mol. The van der Waals surface area contributed by atoms with Crippen LogP contribution in [0.3, 0.4) is 0 Å². The van der Waals surface area contributed by atoms with Crippen molar-refractivity contribution in [2.75, 3.05) is 5.32 Å². The summed E-state index contributed by atoms with van der Waals surface area (Å²) in [5.74, 6) is 0. The lowest BCUT2D eigenvalue weighted by molar-refractivity contribution is -0.143. The second-order valence-corrected chi connectivity index (χ2v) is 3.43. The van der Waals surface area contributed by atoms with Crippen LogP contribution in [0.15, 0.2) is 18.2 Å². The summed E-state index contributed by atoms with van der Waals surface area (Å²) in [6.07, 6.45) is -9.92. The van der Waals surface area contributed by atoms with Crippen LogP contribution < -0.4 is 10.6 Å². The Morgan fingerprint density at radius 3 is 1.68 bits per heavy atom. The fourth-order valence-electron chi connectivity index (χ4n) is 1.20. The number of alkyl halides is 6. The maximum atomic E-state index is 12.4. The molecule has 105 valence electrons. The van der Waals surface area contributed by atoms with E-state index in [0.717, 1.165) is 0 Å². The molecule has 2 N–H and O–H groups in total. The molecule has 19 heavy (non-hydrogen) atoms. The number of urea groups is 1. The Kier molecular flexibility index (Phi) is 3.97. The van der Waals surface area contributed by atoms with Gasteiger partial charge in [-0.05, 0) is 18.2 Å². The van der Waals surface area contributed by atoms with Gasteiger partial charge in [0.2, 0.25) is 0 Å². The third-order valence-corrected chi connectivity index (χ3v) is 2.01. The van der Waals surface area contributed by atoms with E-state index in [0.29, 0.717) is 12.1 Å². The van der Waals surface area contributed by atoms with E-state index in [-0.39, 0.29) is 6.07 Å². The van der Waals surface area contributed by atoms with E-state index in [2.05, 4.69) is 7.05 Å². The molecule has 1 radical (unpaired) electrons. The molecule has 0 heterocycles. The van der Waals surface area contributed by atoms with E-state index in [1.54, 1.807) is 10.6 Å². The van der Waals surface area contributed by atoms with Crippen LogP contribution in [0.25, 0.3) is 0 Å². The highest BCUT2D eigenvalue weighted by molar-refractivity contribution is 5.89. The topological polar surface area (TPSA) is 41.1 Å². The first-order chi connectivity index (χ1) is 8.54. The van der Waals surface area contributed by atoms with Crippen LogP contribution >= 0.6 is 0 Å². The summed E-state index contributed by atoms with van der Waals surface area (Å²) >= 11 is 0. The van der Waals surface area contributed by atoms with Crippen LogP contribution in [-0.2, 0) is 12.4 Å². The lowest BCUT2D eigenvalue weighted by atomic mass is 10.1. The minimum Gasteiger partial charge on any atom is -0.336 e. The number of hydrogen-bond acceptors (Lipinski definition) is 1. The quantitative estimate of drug-likeness (QED) is 0.760. The monoisotopic (exact) mass is 285 g/mol. The predicted molar refractivity (Wildman–Crippen MR) is 54.0 cm³/mol. The smallest absolute Gasteiger partial charge is 0.336 e. The van der Waals surface area contributed by atoms with Crippen LogP contribution in [0.2, 0.25) is 0 Å². The van der Waals surface area contributed by atoms with Gasteiger partial charge in [0.25, 0.3) is 0 Å². The fourth-order valence-corrected chi connectivity index (χ4v) is 1.20. The van der Waals surface area contributed by atoms with Gasteiger partial charge in [0.15, 0.2) is 0 Å². The third kappa shape index (κ3) is 4.04. The molecule has 0 aliphatic rings. The van der Waals surface area contributed by atoms with Gasteiger partial charge in [-0.1, -0.05) is 0 Å². The highest BCUT2D eigenvalue weighted by Crippen LogP contribution is 2.37. The van der Waals surface area contributed by atoms with E-state index in [1.807, 2.05) is 0 Å². The molecule has 2 amide bonds. The van der Waals surface area contributed by atoms with E-state index in [1.165, 1.54) is 0 Å². The Morgan fingerprint density at radius 1 is 0.947 bits per heavy atom. The first-order valence-corrected chi connectivity index (χ1v) is 4.67. The average molecular weight is 285 g/mol. The summed E-state index contributed by atoms with van der Waals surface area (Å²) in [6.45, 7) is 0. The van der Waals surface area contributed by atoms with Gasteiger partial charge >= 0.3 is 18.4 Å². The Bertz CT molecular complexity index is 448. The molecule has 0 bridgehead atoms. The van der Waals surface area contributed by atoms with Crippen LogP contribution in [0.4, 0.5) is 36.8 Å². The van der Waals surface area contributed by atoms with Crippen LogP contribution in [0.5, 0.6) is 0 Å². The molecule has 0 saturated carbocycles. The molecular formula is C10H7F6N2O. The summed E-state index contributed by atoms with van der Waals surface area (Å²) in [6, 6.07) is -0.283. The maximum Gasteiger partial charge on any atom is 0.416 e. The van der Waals surface area contributed by atoms with Crippen molar-refractivity contribution >= 4 is 11.7 Å². The second kappa shape index (κ2) is 4.98. The summed E-state index contributed by atoms with van der Waals surface area (Å²) in [4.78, 5) is 10.9. The predicted octanol–water partition coefficient (Wildman–Crippen LogP) is 3.64. The summed E-state index contributed by atoms with van der Waals surface area (Å²) in [5, 5.41) is 3.57. The van der Waals surface area contributed by atoms with Crippen molar-refractivity contribution in [1.29, 1.82) is 0 Å². The van der Waals surface area contributed by atoms with Crippen molar-refractivity contribution in [2.45, 2.75) is 12.4 Å². The second-order valence-electron chi connectivity index (χ2n) is 3.43. The number of nitrogens with one attached hydrogen (secondary N) is 2. The number of hydrogen-bond donors (Lipinski definition) is 2. The summed E-state index contributed by atoms with van der Waals surface area (Å²) in [7, 11) is 2.92. The van der Waals surface area contributed by atoms with Crippen LogP contribution in [-0.4, -0.2) is 6.03 Å². The molecule has 0 saturated heterocycles. The molecule has 0 spiro atoms. The number of carbonyl (C=O) groups is 1.